The van der Waals surface area contributed by atoms with E-state index in [9.17, 15) is 14.4 Å². The maximum absolute atomic E-state index is 12.4. The zero-order chi connectivity index (χ0) is 17.8. The minimum absolute atomic E-state index is 0.0632. The number of hydrogen-bond acceptors (Lipinski definition) is 3. The van der Waals surface area contributed by atoms with Crippen molar-refractivity contribution < 1.29 is 14.4 Å². The molecule has 0 fully saturated rings. The van der Waals surface area contributed by atoms with Crippen molar-refractivity contribution in [1.29, 1.82) is 0 Å². The van der Waals surface area contributed by atoms with Gasteiger partial charge in [-0.1, -0.05) is 13.3 Å². The van der Waals surface area contributed by atoms with Crippen molar-refractivity contribution in [2.45, 2.75) is 59.9 Å². The highest BCUT2D eigenvalue weighted by Crippen LogP contribution is 2.21. The zero-order valence-electron chi connectivity index (χ0n) is 14.8. The fourth-order valence-electron chi connectivity index (χ4n) is 2.56. The molecule has 0 aliphatic heterocycles. The van der Waals surface area contributed by atoms with Crippen LogP contribution >= 0.6 is 0 Å². The molecule has 0 saturated heterocycles. The Morgan fingerprint density at radius 1 is 1.17 bits per heavy atom. The van der Waals surface area contributed by atoms with E-state index in [1.165, 1.54) is 6.92 Å². The minimum Gasteiger partial charge on any atom is -0.354 e. The fourth-order valence-corrected chi connectivity index (χ4v) is 2.56. The second-order valence-electron chi connectivity index (χ2n) is 6.77. The van der Waals surface area contributed by atoms with Crippen LogP contribution in [0.5, 0.6) is 0 Å². The van der Waals surface area contributed by atoms with Gasteiger partial charge in [0.15, 0.2) is 5.78 Å². The van der Waals surface area contributed by atoms with Gasteiger partial charge in [-0.15, -0.1) is 0 Å². The number of aromatic nitrogens is 1. The molecule has 6 heteroatoms. The van der Waals surface area contributed by atoms with Gasteiger partial charge >= 0.3 is 0 Å². The summed E-state index contributed by atoms with van der Waals surface area (Å²) in [6.07, 6.45) is 1.46. The molecule has 0 aliphatic rings. The summed E-state index contributed by atoms with van der Waals surface area (Å²) in [7, 11) is 0. The Balaban J connectivity index is 2.90. The lowest BCUT2D eigenvalue weighted by Crippen LogP contribution is -2.46. The van der Waals surface area contributed by atoms with Crippen LogP contribution in [0.4, 0.5) is 0 Å². The number of carbonyl (C=O) groups is 3. The number of nitrogens with one attached hydrogen (secondary N) is 3. The van der Waals surface area contributed by atoms with Crippen LogP contribution in [0.1, 0.15) is 73.1 Å². The van der Waals surface area contributed by atoms with Crippen LogP contribution in [-0.2, 0) is 11.2 Å². The van der Waals surface area contributed by atoms with Crippen LogP contribution in [0.25, 0.3) is 0 Å². The molecule has 1 heterocycles. The molecule has 23 heavy (non-hydrogen) atoms. The molecule has 0 aliphatic carbocycles. The van der Waals surface area contributed by atoms with Crippen molar-refractivity contribution in [2.24, 2.45) is 0 Å². The summed E-state index contributed by atoms with van der Waals surface area (Å²) in [6.45, 7) is 10.8. The topological polar surface area (TPSA) is 91.1 Å². The number of rotatable bonds is 6. The molecule has 6 nitrogen and oxygen atoms in total. The summed E-state index contributed by atoms with van der Waals surface area (Å²) in [5.41, 5.74) is 2.02. The van der Waals surface area contributed by atoms with Crippen molar-refractivity contribution >= 4 is 17.6 Å². The van der Waals surface area contributed by atoms with Gasteiger partial charge in [0.2, 0.25) is 5.91 Å². The molecule has 0 bridgehead atoms. The molecule has 0 saturated carbocycles. The third-order valence-corrected chi connectivity index (χ3v) is 3.29. The van der Waals surface area contributed by atoms with Crippen LogP contribution in [0.15, 0.2) is 0 Å². The largest absolute Gasteiger partial charge is 0.354 e. The summed E-state index contributed by atoms with van der Waals surface area (Å²) in [5.74, 6) is -0.683. The van der Waals surface area contributed by atoms with Gasteiger partial charge in [0, 0.05) is 16.8 Å². The highest BCUT2D eigenvalue weighted by atomic mass is 16.2. The number of hydrogen-bond donors (Lipinski definition) is 3. The Morgan fingerprint density at radius 3 is 2.26 bits per heavy atom. The maximum atomic E-state index is 12.4. The summed E-state index contributed by atoms with van der Waals surface area (Å²) >= 11 is 0. The SMILES string of the molecule is CCCc1c(C(=O)NCC(=O)NC(C)(C)C)[nH]c(C)c1C(C)=O. The summed E-state index contributed by atoms with van der Waals surface area (Å²) in [4.78, 5) is 39.0. The predicted molar refractivity (Wildman–Crippen MR) is 89.8 cm³/mol. The quantitative estimate of drug-likeness (QED) is 0.701. The number of aromatic amines is 1. The Hall–Kier alpha value is -2.11. The average molecular weight is 321 g/mol. The smallest absolute Gasteiger partial charge is 0.268 e. The van der Waals surface area contributed by atoms with E-state index in [0.29, 0.717) is 23.4 Å². The monoisotopic (exact) mass is 321 g/mol. The standard InChI is InChI=1S/C17H27N3O3/c1-7-8-12-14(11(3)21)10(2)19-15(12)16(23)18-9-13(22)20-17(4,5)6/h19H,7-9H2,1-6H3,(H,18,23)(H,20,22). The van der Waals surface area contributed by atoms with Crippen LogP contribution in [0.2, 0.25) is 0 Å². The van der Waals surface area contributed by atoms with Crippen molar-refractivity contribution in [3.8, 4) is 0 Å². The average Bonchev–Trinajstić information content (AvgIpc) is 2.71. The van der Waals surface area contributed by atoms with Crippen molar-refractivity contribution in [2.75, 3.05) is 6.54 Å². The van der Waals surface area contributed by atoms with E-state index in [1.54, 1.807) is 6.92 Å². The second-order valence-corrected chi connectivity index (χ2v) is 6.77. The number of H-pyrrole nitrogens is 1. The molecule has 128 valence electrons. The van der Waals surface area contributed by atoms with E-state index >= 15 is 0 Å². The van der Waals surface area contributed by atoms with Gasteiger partial charge in [0.1, 0.15) is 5.69 Å². The van der Waals surface area contributed by atoms with E-state index in [1.807, 2.05) is 27.7 Å². The van der Waals surface area contributed by atoms with E-state index < -0.39 is 0 Å². The molecule has 0 spiro atoms. The van der Waals surface area contributed by atoms with Gasteiger partial charge in [0.25, 0.3) is 5.91 Å². The molecular weight excluding hydrogens is 294 g/mol. The van der Waals surface area contributed by atoms with E-state index in [4.69, 9.17) is 0 Å². The number of carbonyl (C=O) groups excluding carboxylic acids is 3. The molecule has 0 unspecified atom stereocenters. The Kier molecular flexibility index (Phi) is 6.12. The molecule has 1 rings (SSSR count). The molecule has 1 aromatic heterocycles. The molecule has 3 N–H and O–H groups in total. The molecular formula is C17H27N3O3. The molecule has 0 atom stereocenters. The number of aryl methyl sites for hydroxylation is 1. The number of ketones is 1. The van der Waals surface area contributed by atoms with Gasteiger partial charge < -0.3 is 15.6 Å². The fraction of sp³-hybridized carbons (Fsp3) is 0.588. The van der Waals surface area contributed by atoms with E-state index in [2.05, 4.69) is 15.6 Å². The van der Waals surface area contributed by atoms with Crippen LogP contribution in [0, 0.1) is 6.92 Å². The first-order valence-corrected chi connectivity index (χ1v) is 7.88. The molecule has 1 aromatic rings. The van der Waals surface area contributed by atoms with E-state index in [0.717, 1.165) is 12.0 Å². The minimum atomic E-state index is -0.367. The number of amides is 2. The van der Waals surface area contributed by atoms with Gasteiger partial charge in [-0.2, -0.15) is 0 Å². The third kappa shape index (κ3) is 5.23. The third-order valence-electron chi connectivity index (χ3n) is 3.29. The molecule has 0 aromatic carbocycles. The van der Waals surface area contributed by atoms with Crippen LogP contribution in [0.3, 0.4) is 0 Å². The van der Waals surface area contributed by atoms with Crippen molar-refractivity contribution in [3.63, 3.8) is 0 Å². The predicted octanol–water partition coefficient (Wildman–Crippen LogP) is 2.12. The summed E-state index contributed by atoms with van der Waals surface area (Å²) in [6, 6.07) is 0. The van der Waals surface area contributed by atoms with Crippen molar-refractivity contribution in [1.82, 2.24) is 15.6 Å². The van der Waals surface area contributed by atoms with Gasteiger partial charge in [-0.25, -0.2) is 0 Å². The normalized spacial score (nSPS) is 11.2. The Morgan fingerprint density at radius 2 is 1.78 bits per heavy atom. The second kappa shape index (κ2) is 7.44. The first-order valence-electron chi connectivity index (χ1n) is 7.88. The first kappa shape index (κ1) is 18.9. The Labute approximate surface area is 137 Å². The molecule has 0 radical (unpaired) electrons. The zero-order valence-corrected chi connectivity index (χ0v) is 14.8. The highest BCUT2D eigenvalue weighted by Gasteiger charge is 2.22. The van der Waals surface area contributed by atoms with Gasteiger partial charge in [-0.3, -0.25) is 14.4 Å². The number of Topliss-reactive ketones (excluding diaryl/α,β-unsaturated/α-hetero) is 1. The summed E-state index contributed by atoms with van der Waals surface area (Å²) in [5, 5.41) is 5.39. The summed E-state index contributed by atoms with van der Waals surface area (Å²) < 4.78 is 0. The molecule has 2 amide bonds. The lowest BCUT2D eigenvalue weighted by molar-refractivity contribution is -0.121. The highest BCUT2D eigenvalue weighted by molar-refractivity contribution is 6.03. The van der Waals surface area contributed by atoms with Crippen LogP contribution < -0.4 is 10.6 Å². The van der Waals surface area contributed by atoms with Crippen molar-refractivity contribution in [3.05, 3.63) is 22.5 Å². The lowest BCUT2D eigenvalue weighted by atomic mass is 10.0. The Bertz CT molecular complexity index is 609. The maximum Gasteiger partial charge on any atom is 0.268 e. The van der Waals surface area contributed by atoms with Crippen LogP contribution in [-0.4, -0.2) is 34.7 Å². The van der Waals surface area contributed by atoms with Gasteiger partial charge in [0.05, 0.1) is 6.54 Å². The van der Waals surface area contributed by atoms with Gasteiger partial charge in [-0.05, 0) is 46.6 Å². The van der Waals surface area contributed by atoms with E-state index in [-0.39, 0.29) is 29.7 Å². The first-order chi connectivity index (χ1) is 10.6. The lowest BCUT2D eigenvalue weighted by Gasteiger charge is -2.20.